The van der Waals surface area contributed by atoms with Gasteiger partial charge in [0.1, 0.15) is 0 Å². The van der Waals surface area contributed by atoms with Crippen molar-refractivity contribution in [3.63, 3.8) is 0 Å². The Hall–Kier alpha value is -0.650. The first-order valence-electron chi connectivity index (χ1n) is 5.88. The van der Waals surface area contributed by atoms with Gasteiger partial charge < -0.3 is 21.1 Å². The fourth-order valence-corrected chi connectivity index (χ4v) is 1.54. The predicted molar refractivity (Wildman–Crippen MR) is 65.2 cm³/mol. The van der Waals surface area contributed by atoms with Gasteiger partial charge in [-0.05, 0) is 33.2 Å². The van der Waals surface area contributed by atoms with Gasteiger partial charge in [0.2, 0.25) is 5.91 Å². The maximum atomic E-state index is 11.5. The van der Waals surface area contributed by atoms with Gasteiger partial charge in [0, 0.05) is 19.7 Å². The second-order valence-electron chi connectivity index (χ2n) is 3.87. The van der Waals surface area contributed by atoms with Gasteiger partial charge in [0.05, 0.1) is 12.6 Å². The maximum absolute atomic E-state index is 11.5. The molecule has 5 nitrogen and oxygen atoms in total. The van der Waals surface area contributed by atoms with E-state index in [1.165, 1.54) is 0 Å². The molecule has 0 saturated carbocycles. The van der Waals surface area contributed by atoms with E-state index in [2.05, 4.69) is 10.6 Å². The Morgan fingerprint density at radius 1 is 1.50 bits per heavy atom. The van der Waals surface area contributed by atoms with Gasteiger partial charge in [0.15, 0.2) is 0 Å². The van der Waals surface area contributed by atoms with Crippen molar-refractivity contribution in [3.05, 3.63) is 0 Å². The number of nitrogens with two attached hydrogens (primary N) is 1. The molecule has 5 heteroatoms. The van der Waals surface area contributed by atoms with Gasteiger partial charge in [-0.1, -0.05) is 0 Å². The molecular formula is C11H25N3O2. The molecule has 96 valence electrons. The first-order valence-corrected chi connectivity index (χ1v) is 5.88. The zero-order valence-corrected chi connectivity index (χ0v) is 10.6. The quantitative estimate of drug-likeness (QED) is 0.516. The van der Waals surface area contributed by atoms with Crippen LogP contribution in [0.2, 0.25) is 0 Å². The summed E-state index contributed by atoms with van der Waals surface area (Å²) in [5.74, 6) is 0.0244. The highest BCUT2D eigenvalue weighted by atomic mass is 16.5. The lowest BCUT2D eigenvalue weighted by Crippen LogP contribution is -2.48. The van der Waals surface area contributed by atoms with Crippen LogP contribution in [0.3, 0.4) is 0 Å². The summed E-state index contributed by atoms with van der Waals surface area (Å²) in [6, 6.07) is -0.0102. The Morgan fingerprint density at radius 3 is 2.69 bits per heavy atom. The summed E-state index contributed by atoms with van der Waals surface area (Å²) in [5.41, 5.74) is 5.46. The Balaban J connectivity index is 4.00. The van der Waals surface area contributed by atoms with Crippen molar-refractivity contribution in [2.45, 2.75) is 38.8 Å². The number of ether oxygens (including phenoxy) is 1. The SMILES string of the molecule is CCNC(=O)C(C)NC(CCCN)COC. The molecule has 0 radical (unpaired) electrons. The van der Waals surface area contributed by atoms with E-state index in [0.29, 0.717) is 19.7 Å². The zero-order valence-electron chi connectivity index (χ0n) is 10.6. The molecule has 0 aromatic carbocycles. The van der Waals surface area contributed by atoms with Crippen LogP contribution >= 0.6 is 0 Å². The number of hydrogen-bond acceptors (Lipinski definition) is 4. The number of methoxy groups -OCH3 is 1. The van der Waals surface area contributed by atoms with E-state index in [0.717, 1.165) is 12.8 Å². The zero-order chi connectivity index (χ0) is 12.4. The molecule has 0 bridgehead atoms. The Kier molecular flexibility index (Phi) is 9.18. The van der Waals surface area contributed by atoms with Crippen LogP contribution in [-0.2, 0) is 9.53 Å². The van der Waals surface area contributed by atoms with Crippen molar-refractivity contribution in [1.29, 1.82) is 0 Å². The Bertz CT molecular complexity index is 188. The van der Waals surface area contributed by atoms with Crippen molar-refractivity contribution in [2.24, 2.45) is 5.73 Å². The molecule has 0 heterocycles. The molecular weight excluding hydrogens is 206 g/mol. The smallest absolute Gasteiger partial charge is 0.236 e. The summed E-state index contributed by atoms with van der Waals surface area (Å²) in [6.07, 6.45) is 1.86. The van der Waals surface area contributed by atoms with Crippen LogP contribution in [-0.4, -0.2) is 44.8 Å². The van der Waals surface area contributed by atoms with Crippen molar-refractivity contribution in [2.75, 3.05) is 26.8 Å². The summed E-state index contributed by atoms with van der Waals surface area (Å²) in [7, 11) is 1.66. The second-order valence-corrected chi connectivity index (χ2v) is 3.87. The molecule has 0 spiro atoms. The highest BCUT2D eigenvalue weighted by Gasteiger charge is 2.16. The van der Waals surface area contributed by atoms with E-state index in [1.54, 1.807) is 7.11 Å². The molecule has 2 unspecified atom stereocenters. The Morgan fingerprint density at radius 2 is 2.19 bits per heavy atom. The standard InChI is InChI=1S/C11H25N3O2/c1-4-13-11(15)9(2)14-10(8-16-3)6-5-7-12/h9-10,14H,4-8,12H2,1-3H3,(H,13,15). The minimum absolute atomic E-state index is 0.0244. The molecule has 0 saturated heterocycles. The number of nitrogens with one attached hydrogen (secondary N) is 2. The summed E-state index contributed by atoms with van der Waals surface area (Å²) in [4.78, 5) is 11.5. The molecule has 2 atom stereocenters. The number of hydrogen-bond donors (Lipinski definition) is 3. The van der Waals surface area contributed by atoms with Gasteiger partial charge in [-0.3, -0.25) is 4.79 Å². The highest BCUT2D eigenvalue weighted by Crippen LogP contribution is 1.99. The predicted octanol–water partition coefficient (Wildman–Crippen LogP) is -0.145. The monoisotopic (exact) mass is 231 g/mol. The van der Waals surface area contributed by atoms with E-state index in [-0.39, 0.29) is 18.0 Å². The van der Waals surface area contributed by atoms with E-state index >= 15 is 0 Å². The van der Waals surface area contributed by atoms with Gasteiger partial charge in [-0.2, -0.15) is 0 Å². The second kappa shape index (κ2) is 9.57. The van der Waals surface area contributed by atoms with Crippen molar-refractivity contribution in [1.82, 2.24) is 10.6 Å². The van der Waals surface area contributed by atoms with E-state index in [4.69, 9.17) is 10.5 Å². The first kappa shape index (κ1) is 15.3. The van der Waals surface area contributed by atoms with Crippen LogP contribution in [0.5, 0.6) is 0 Å². The minimum Gasteiger partial charge on any atom is -0.383 e. The normalized spacial score (nSPS) is 14.5. The molecule has 0 aromatic heterocycles. The van der Waals surface area contributed by atoms with Gasteiger partial charge in [-0.25, -0.2) is 0 Å². The lowest BCUT2D eigenvalue weighted by Gasteiger charge is -2.22. The molecule has 0 aromatic rings. The molecule has 0 aliphatic heterocycles. The van der Waals surface area contributed by atoms with Crippen LogP contribution in [0.25, 0.3) is 0 Å². The summed E-state index contributed by atoms with van der Waals surface area (Å²) < 4.78 is 5.11. The fourth-order valence-electron chi connectivity index (χ4n) is 1.54. The molecule has 1 amide bonds. The number of likely N-dealkylation sites (N-methyl/N-ethyl adjacent to an activating group) is 1. The number of carbonyl (C=O) groups is 1. The van der Waals surface area contributed by atoms with Crippen molar-refractivity contribution in [3.8, 4) is 0 Å². The Labute approximate surface area is 98.1 Å². The average molecular weight is 231 g/mol. The topological polar surface area (TPSA) is 76.4 Å². The molecule has 0 aliphatic rings. The minimum atomic E-state index is -0.196. The van der Waals surface area contributed by atoms with Crippen molar-refractivity contribution < 1.29 is 9.53 Å². The molecule has 0 aliphatic carbocycles. The third-order valence-electron chi connectivity index (χ3n) is 2.35. The van der Waals surface area contributed by atoms with E-state index in [1.807, 2.05) is 13.8 Å². The number of carbonyl (C=O) groups excluding carboxylic acids is 1. The van der Waals surface area contributed by atoms with E-state index in [9.17, 15) is 4.79 Å². The lowest BCUT2D eigenvalue weighted by molar-refractivity contribution is -0.122. The van der Waals surface area contributed by atoms with Crippen LogP contribution in [0, 0.1) is 0 Å². The highest BCUT2D eigenvalue weighted by molar-refractivity contribution is 5.81. The summed E-state index contributed by atoms with van der Waals surface area (Å²) in [5, 5.41) is 6.03. The van der Waals surface area contributed by atoms with E-state index < -0.39 is 0 Å². The first-order chi connectivity index (χ1) is 7.65. The van der Waals surface area contributed by atoms with Crippen LogP contribution in [0.1, 0.15) is 26.7 Å². The van der Waals surface area contributed by atoms with Gasteiger partial charge >= 0.3 is 0 Å². The third-order valence-corrected chi connectivity index (χ3v) is 2.35. The van der Waals surface area contributed by atoms with Crippen LogP contribution < -0.4 is 16.4 Å². The molecule has 0 rings (SSSR count). The maximum Gasteiger partial charge on any atom is 0.236 e. The molecule has 16 heavy (non-hydrogen) atoms. The largest absolute Gasteiger partial charge is 0.383 e. The molecule has 0 fully saturated rings. The summed E-state index contributed by atoms with van der Waals surface area (Å²) >= 11 is 0. The van der Waals surface area contributed by atoms with Crippen LogP contribution in [0.4, 0.5) is 0 Å². The van der Waals surface area contributed by atoms with Crippen LogP contribution in [0.15, 0.2) is 0 Å². The van der Waals surface area contributed by atoms with Gasteiger partial charge in [-0.15, -0.1) is 0 Å². The lowest BCUT2D eigenvalue weighted by atomic mass is 10.1. The number of rotatable bonds is 9. The third kappa shape index (κ3) is 6.76. The number of amides is 1. The fraction of sp³-hybridized carbons (Fsp3) is 0.909. The van der Waals surface area contributed by atoms with Crippen molar-refractivity contribution >= 4 is 5.91 Å². The average Bonchev–Trinajstić information content (AvgIpc) is 2.26. The molecule has 4 N–H and O–H groups in total. The summed E-state index contributed by atoms with van der Waals surface area (Å²) in [6.45, 7) is 5.69. The van der Waals surface area contributed by atoms with Gasteiger partial charge in [0.25, 0.3) is 0 Å².